The molecule has 1 saturated heterocycles. The number of anilines is 1. The molecule has 3 N–H and O–H groups in total. The van der Waals surface area contributed by atoms with E-state index < -0.39 is 60.8 Å². The maximum absolute atomic E-state index is 14.1. The van der Waals surface area contributed by atoms with Gasteiger partial charge in [-0.25, -0.2) is 8.42 Å². The molecule has 2 aromatic rings. The van der Waals surface area contributed by atoms with E-state index >= 15 is 0 Å². The van der Waals surface area contributed by atoms with E-state index in [0.29, 0.717) is 6.92 Å². The average molecular weight is 597 g/mol. The third-order valence-corrected chi connectivity index (χ3v) is 10.3. The van der Waals surface area contributed by atoms with E-state index in [1.54, 1.807) is 0 Å². The number of rotatable bonds is 7. The lowest BCUT2D eigenvalue weighted by molar-refractivity contribution is -0.263. The van der Waals surface area contributed by atoms with E-state index in [9.17, 15) is 41.1 Å². The summed E-state index contributed by atoms with van der Waals surface area (Å²) in [5.74, 6) is -1.24. The van der Waals surface area contributed by atoms with Crippen LogP contribution in [-0.2, 0) is 21.0 Å². The summed E-state index contributed by atoms with van der Waals surface area (Å²) < 4.78 is 80.5. The van der Waals surface area contributed by atoms with E-state index in [1.807, 2.05) is 0 Å². The second-order valence-corrected chi connectivity index (χ2v) is 13.9. The average Bonchev–Trinajstić information content (AvgIpc) is 2.82. The first-order valence-corrected chi connectivity index (χ1v) is 15.0. The molecular weight excluding hydrogens is 569 g/mol. The summed E-state index contributed by atoms with van der Waals surface area (Å²) in [5.41, 5.74) is -4.38. The number of aromatic hydroxyl groups is 1. The number of aliphatic hydroxyl groups is 1. The van der Waals surface area contributed by atoms with Gasteiger partial charge in [-0.1, -0.05) is 41.0 Å². The molecule has 0 aromatic heterocycles. The Kier molecular flexibility index (Phi) is 8.89. The molecule has 0 saturated carbocycles. The minimum atomic E-state index is -5.25. The summed E-state index contributed by atoms with van der Waals surface area (Å²) in [6, 6.07) is 5.09. The van der Waals surface area contributed by atoms with Crippen LogP contribution in [0.15, 0.2) is 41.3 Å². The zero-order valence-corrected chi connectivity index (χ0v) is 23.1. The molecule has 38 heavy (non-hydrogen) atoms. The lowest BCUT2D eigenvalue weighted by Crippen LogP contribution is -2.53. The molecule has 1 amide bonds. The normalized spacial score (nSPS) is 17.8. The van der Waals surface area contributed by atoms with E-state index in [1.165, 1.54) is 43.0 Å². The van der Waals surface area contributed by atoms with Crippen molar-refractivity contribution < 1.29 is 41.1 Å². The van der Waals surface area contributed by atoms with Crippen molar-refractivity contribution in [1.82, 2.24) is 5.32 Å². The first-order valence-electron chi connectivity index (χ1n) is 11.5. The van der Waals surface area contributed by atoms with Gasteiger partial charge in [0.2, 0.25) is 0 Å². The molecule has 0 aliphatic carbocycles. The highest BCUT2D eigenvalue weighted by molar-refractivity contribution is 7.92. The standard InChI is InChI=1S/C24H28ClF3N2O6S2/c1-14(2)38(35,36)18-9-8-16(19(25)20(18)30-10-12-37(34)13-11-30)21(23(3,33)24(26,27)28)29-22(32)15-6-4-5-7-17(15)31/h4-9,14,21,31,33H,10-13H2,1-3H3,(H,29,32). The van der Waals surface area contributed by atoms with Crippen molar-refractivity contribution in [3.63, 3.8) is 0 Å². The Morgan fingerprint density at radius 3 is 2.26 bits per heavy atom. The molecule has 14 heteroatoms. The molecule has 0 bridgehead atoms. The minimum Gasteiger partial charge on any atom is -0.616 e. The zero-order chi connectivity index (χ0) is 28.6. The van der Waals surface area contributed by atoms with Crippen molar-refractivity contribution in [3.05, 3.63) is 52.5 Å². The fourth-order valence-corrected chi connectivity index (χ4v) is 6.75. The molecule has 2 atom stereocenters. The molecule has 210 valence electrons. The number of para-hydroxylation sites is 1. The van der Waals surface area contributed by atoms with Gasteiger partial charge in [0.15, 0.2) is 15.4 Å². The highest BCUT2D eigenvalue weighted by atomic mass is 35.5. The molecule has 2 unspecified atom stereocenters. The number of hydrogen-bond donors (Lipinski definition) is 3. The fraction of sp³-hybridized carbons (Fsp3) is 0.458. The van der Waals surface area contributed by atoms with Crippen molar-refractivity contribution in [2.45, 2.75) is 48.7 Å². The number of halogens is 4. The second-order valence-electron chi connectivity index (χ2n) is 9.31. The minimum absolute atomic E-state index is 0.0886. The van der Waals surface area contributed by atoms with Crippen LogP contribution in [0.2, 0.25) is 5.02 Å². The first-order chi connectivity index (χ1) is 17.5. The lowest BCUT2D eigenvalue weighted by atomic mass is 9.88. The predicted octanol–water partition coefficient (Wildman–Crippen LogP) is 3.58. The zero-order valence-electron chi connectivity index (χ0n) is 20.8. The van der Waals surface area contributed by atoms with Crippen LogP contribution in [0.4, 0.5) is 18.9 Å². The fourth-order valence-electron chi connectivity index (χ4n) is 3.98. The number of amides is 1. The van der Waals surface area contributed by atoms with Crippen molar-refractivity contribution in [1.29, 1.82) is 0 Å². The molecule has 1 fully saturated rings. The number of nitrogens with one attached hydrogen (secondary N) is 1. The molecular formula is C24H28ClF3N2O6S2. The van der Waals surface area contributed by atoms with Crippen LogP contribution in [-0.4, -0.2) is 70.7 Å². The Bertz CT molecular complexity index is 1300. The topological polar surface area (TPSA) is 130 Å². The third-order valence-electron chi connectivity index (χ3n) is 6.40. The number of carbonyl (C=O) groups excluding carboxylic acids is 1. The molecule has 0 radical (unpaired) electrons. The van der Waals surface area contributed by atoms with Gasteiger partial charge in [-0.05, 0) is 44.5 Å². The van der Waals surface area contributed by atoms with Gasteiger partial charge in [-0.15, -0.1) is 0 Å². The summed E-state index contributed by atoms with van der Waals surface area (Å²) in [6.45, 7) is 3.59. The predicted molar refractivity (Wildman–Crippen MR) is 139 cm³/mol. The SMILES string of the molecule is CC(C)S(=O)(=O)c1ccc(C(NC(=O)c2ccccc2O)C(C)(O)C(F)(F)F)c(Cl)c1N1CC[S+]([O-])CC1. The Labute approximate surface area is 226 Å². The summed E-state index contributed by atoms with van der Waals surface area (Å²) in [5, 5.41) is 21.5. The van der Waals surface area contributed by atoms with Crippen LogP contribution in [0.5, 0.6) is 5.75 Å². The highest BCUT2D eigenvalue weighted by Gasteiger charge is 2.57. The summed E-state index contributed by atoms with van der Waals surface area (Å²) in [7, 11) is -3.98. The van der Waals surface area contributed by atoms with Gasteiger partial charge in [-0.3, -0.25) is 4.79 Å². The van der Waals surface area contributed by atoms with Gasteiger partial charge in [0.1, 0.15) is 17.3 Å². The molecule has 8 nitrogen and oxygen atoms in total. The Balaban J connectivity index is 2.24. The van der Waals surface area contributed by atoms with Crippen LogP contribution in [0, 0.1) is 0 Å². The summed E-state index contributed by atoms with van der Waals surface area (Å²) >= 11 is 5.49. The molecule has 1 aliphatic rings. The number of carbonyl (C=O) groups is 1. The number of phenolic OH excluding ortho intramolecular Hbond substituents is 1. The van der Waals surface area contributed by atoms with E-state index in [4.69, 9.17) is 11.6 Å². The van der Waals surface area contributed by atoms with Gasteiger partial charge in [-0.2, -0.15) is 13.2 Å². The number of sulfone groups is 1. The van der Waals surface area contributed by atoms with Crippen LogP contribution < -0.4 is 10.2 Å². The first kappa shape index (κ1) is 30.4. The molecule has 0 spiro atoms. The largest absolute Gasteiger partial charge is 0.616 e. The van der Waals surface area contributed by atoms with Crippen molar-refractivity contribution in [2.24, 2.45) is 0 Å². The summed E-state index contributed by atoms with van der Waals surface area (Å²) in [6.07, 6.45) is -5.25. The summed E-state index contributed by atoms with van der Waals surface area (Å²) in [4.78, 5) is 14.2. The van der Waals surface area contributed by atoms with Crippen LogP contribution in [0.1, 0.15) is 42.7 Å². The van der Waals surface area contributed by atoms with Crippen molar-refractivity contribution in [2.75, 3.05) is 29.5 Å². The lowest BCUT2D eigenvalue weighted by Gasteiger charge is -2.37. The molecule has 1 aliphatic heterocycles. The Morgan fingerprint density at radius 2 is 1.74 bits per heavy atom. The quantitative estimate of drug-likeness (QED) is 0.417. The monoisotopic (exact) mass is 596 g/mol. The number of phenols is 1. The van der Waals surface area contributed by atoms with Gasteiger partial charge in [0.05, 0.1) is 45.6 Å². The maximum atomic E-state index is 14.1. The number of nitrogens with zero attached hydrogens (tertiary/aromatic N) is 1. The number of alkyl halides is 3. The molecule has 3 rings (SSSR count). The van der Waals surface area contributed by atoms with Gasteiger partial charge < -0.3 is 25.0 Å². The molecule has 1 heterocycles. The van der Waals surface area contributed by atoms with Gasteiger partial charge in [0.25, 0.3) is 5.91 Å². The van der Waals surface area contributed by atoms with E-state index in [0.717, 1.165) is 12.1 Å². The van der Waals surface area contributed by atoms with Crippen molar-refractivity contribution >= 4 is 44.2 Å². The molecule has 2 aromatic carbocycles. The number of hydrogen-bond acceptors (Lipinski definition) is 7. The Morgan fingerprint density at radius 1 is 1.16 bits per heavy atom. The second kappa shape index (κ2) is 11.1. The highest BCUT2D eigenvalue weighted by Crippen LogP contribution is 2.46. The smallest absolute Gasteiger partial charge is 0.419 e. The van der Waals surface area contributed by atoms with Gasteiger partial charge >= 0.3 is 6.18 Å². The van der Waals surface area contributed by atoms with Crippen LogP contribution in [0.25, 0.3) is 0 Å². The van der Waals surface area contributed by atoms with E-state index in [2.05, 4.69) is 5.32 Å². The Hall–Kier alpha value is -2.19. The maximum Gasteiger partial charge on any atom is 0.419 e. The third kappa shape index (κ3) is 5.86. The van der Waals surface area contributed by atoms with Crippen LogP contribution >= 0.6 is 11.6 Å². The number of benzene rings is 2. The van der Waals surface area contributed by atoms with Crippen LogP contribution in [0.3, 0.4) is 0 Å². The van der Waals surface area contributed by atoms with E-state index in [-0.39, 0.29) is 46.3 Å². The van der Waals surface area contributed by atoms with Crippen molar-refractivity contribution in [3.8, 4) is 5.75 Å². The van der Waals surface area contributed by atoms with Gasteiger partial charge in [0, 0.05) is 0 Å².